The van der Waals surface area contributed by atoms with Crippen molar-refractivity contribution >= 4 is 47.8 Å². The molecule has 4 rings (SSSR count). The lowest BCUT2D eigenvalue weighted by atomic mass is 9.71. The number of unbranched alkanes of at least 4 members (excludes halogenated alkanes) is 13. The number of anilines is 4. The molecule has 0 aliphatic carbocycles. The zero-order valence-electron chi connectivity index (χ0n) is 48.2. The number of nitrogens with zero attached hydrogens (tertiary/aromatic N) is 10. The summed E-state index contributed by atoms with van der Waals surface area (Å²) in [6, 6.07) is 0.209. The summed E-state index contributed by atoms with van der Waals surface area (Å²) < 4.78 is 0. The maximum absolute atomic E-state index is 11.4. The summed E-state index contributed by atoms with van der Waals surface area (Å²) >= 11 is 0. The molecule has 18 nitrogen and oxygen atoms in total. The van der Waals surface area contributed by atoms with Crippen molar-refractivity contribution in [3.8, 4) is 0 Å². The standard InChI is InChI=1S/C56H100N14O4/c1-13-17-19-21-25-29-35-73-69-53(5,6)37-43(38-54(69,7)8)45(31-15-3)61-51-65-47(63-49(67-51)59-41-71)57-33-27-23-24-28-34-58-48-64-50(60-42-72)68-52(66-48)62-46(32-16-4)44-39-55(9,10)70(56(11,12)40-44)74-36-30-26-22-20-18-14-2/h43-46H,13-40H2,1-12H3,(H2,57,61,63,65,67)(H2,58,62,64,66,68). The van der Waals surface area contributed by atoms with Crippen LogP contribution in [0.1, 0.15) is 237 Å². The van der Waals surface area contributed by atoms with E-state index < -0.39 is 0 Å². The number of aliphatic imine (C=N–C) groups is 2. The topological polar surface area (TPSA) is 209 Å². The summed E-state index contributed by atoms with van der Waals surface area (Å²) in [5.41, 5.74) is -0.684. The van der Waals surface area contributed by atoms with Gasteiger partial charge >= 0.3 is 0 Å². The monoisotopic (exact) mass is 1030 g/mol. The Labute approximate surface area is 446 Å². The van der Waals surface area contributed by atoms with E-state index in [9.17, 15) is 9.59 Å². The Morgan fingerprint density at radius 2 is 0.797 bits per heavy atom. The molecule has 2 unspecified atom stereocenters. The lowest BCUT2D eigenvalue weighted by Gasteiger charge is -2.55. The predicted molar refractivity (Wildman–Crippen MR) is 299 cm³/mol. The first-order chi connectivity index (χ1) is 35.4. The molecule has 0 aromatic carbocycles. The van der Waals surface area contributed by atoms with E-state index in [4.69, 9.17) is 19.6 Å². The lowest BCUT2D eigenvalue weighted by molar-refractivity contribution is -0.289. The van der Waals surface area contributed by atoms with Gasteiger partial charge in [-0.05, 0) is 131 Å². The molecule has 0 spiro atoms. The van der Waals surface area contributed by atoms with Gasteiger partial charge in [-0.2, -0.15) is 40.0 Å². The highest BCUT2D eigenvalue weighted by molar-refractivity contribution is 5.47. The molecule has 0 amide bonds. The van der Waals surface area contributed by atoms with E-state index in [0.717, 1.165) is 103 Å². The summed E-state index contributed by atoms with van der Waals surface area (Å²) in [6.45, 7) is 30.0. The minimum Gasteiger partial charge on any atom is -0.354 e. The van der Waals surface area contributed by atoms with Gasteiger partial charge in [0.2, 0.25) is 36.0 Å². The van der Waals surface area contributed by atoms with Crippen LogP contribution < -0.4 is 21.3 Å². The summed E-state index contributed by atoms with van der Waals surface area (Å²) in [6.07, 6.45) is 29.4. The molecule has 2 aromatic heterocycles. The first-order valence-corrected chi connectivity index (χ1v) is 29.0. The van der Waals surface area contributed by atoms with Crippen molar-refractivity contribution in [1.82, 2.24) is 40.0 Å². The molecule has 2 atom stereocenters. The van der Waals surface area contributed by atoms with Gasteiger partial charge in [0.05, 0.1) is 13.2 Å². The number of nitrogens with one attached hydrogen (secondary N) is 4. The Kier molecular flexibility index (Phi) is 26.8. The molecule has 418 valence electrons. The maximum Gasteiger partial charge on any atom is 0.267 e. The van der Waals surface area contributed by atoms with Crippen molar-refractivity contribution in [2.75, 3.05) is 47.6 Å². The van der Waals surface area contributed by atoms with Gasteiger partial charge in [0, 0.05) is 47.3 Å². The third kappa shape index (κ3) is 20.7. The Hall–Kier alpha value is -4.18. The Bertz CT molecular complexity index is 1850. The fraction of sp³-hybridized carbons (Fsp3) is 0.857. The molecule has 2 fully saturated rings. The summed E-state index contributed by atoms with van der Waals surface area (Å²) in [5, 5.41) is 18.5. The van der Waals surface area contributed by atoms with Crippen molar-refractivity contribution in [3.05, 3.63) is 0 Å². The fourth-order valence-electron chi connectivity index (χ4n) is 12.0. The van der Waals surface area contributed by atoms with Gasteiger partial charge in [0.1, 0.15) is 0 Å². The van der Waals surface area contributed by atoms with Crippen LogP contribution in [0, 0.1) is 11.8 Å². The number of aromatic nitrogens is 6. The van der Waals surface area contributed by atoms with Gasteiger partial charge in [-0.3, -0.25) is 9.68 Å². The quantitative estimate of drug-likeness (QED) is 0.0282. The van der Waals surface area contributed by atoms with E-state index in [1.807, 2.05) is 0 Å². The summed E-state index contributed by atoms with van der Waals surface area (Å²) in [4.78, 5) is 70.7. The number of piperidine rings is 2. The van der Waals surface area contributed by atoms with Crippen LogP contribution in [0.4, 0.5) is 35.7 Å². The van der Waals surface area contributed by atoms with Crippen LogP contribution in [0.15, 0.2) is 9.98 Å². The van der Waals surface area contributed by atoms with Crippen molar-refractivity contribution in [2.45, 2.75) is 271 Å². The highest BCUT2D eigenvalue weighted by atomic mass is 16.7. The SMILES string of the molecule is CCCCCCCCON1C(C)(C)CC(C(CCC)Nc2nc(N=C=O)nc(NCCCCCCNc3nc(N=C=O)nc(NC(CCC)C4CC(C)(C)N(OCCCCCCCC)C(C)(C)C4)n3)n2)CC1(C)C. The van der Waals surface area contributed by atoms with Crippen molar-refractivity contribution < 1.29 is 19.3 Å². The van der Waals surface area contributed by atoms with Gasteiger partial charge in [0.15, 0.2) is 0 Å². The van der Waals surface area contributed by atoms with Crippen LogP contribution >= 0.6 is 0 Å². The van der Waals surface area contributed by atoms with Crippen molar-refractivity contribution in [1.29, 1.82) is 0 Å². The molecule has 0 bridgehead atoms. The number of hydrogen-bond acceptors (Lipinski definition) is 18. The van der Waals surface area contributed by atoms with E-state index >= 15 is 0 Å². The van der Waals surface area contributed by atoms with Crippen LogP contribution in [0.5, 0.6) is 0 Å². The molecule has 18 heteroatoms. The molecule has 2 aliphatic heterocycles. The van der Waals surface area contributed by atoms with E-state index in [1.165, 1.54) is 64.2 Å². The fourth-order valence-corrected chi connectivity index (χ4v) is 12.0. The summed E-state index contributed by atoms with van der Waals surface area (Å²) in [7, 11) is 0. The molecule has 0 saturated carbocycles. The molecular formula is C56H100N14O4. The minimum atomic E-state index is -0.171. The van der Waals surface area contributed by atoms with E-state index in [2.05, 4.69) is 144 Å². The largest absolute Gasteiger partial charge is 0.354 e. The molecule has 4 N–H and O–H groups in total. The van der Waals surface area contributed by atoms with Crippen molar-refractivity contribution in [2.24, 2.45) is 21.8 Å². The first-order valence-electron chi connectivity index (χ1n) is 29.0. The van der Waals surface area contributed by atoms with Gasteiger partial charge in [-0.15, -0.1) is 9.98 Å². The van der Waals surface area contributed by atoms with Gasteiger partial charge in [-0.25, -0.2) is 9.59 Å². The molecule has 2 aromatic rings. The second-order valence-corrected chi connectivity index (χ2v) is 23.7. The predicted octanol–water partition coefficient (Wildman–Crippen LogP) is 13.4. The van der Waals surface area contributed by atoms with Crippen LogP contribution in [-0.2, 0) is 19.3 Å². The van der Waals surface area contributed by atoms with Gasteiger partial charge in [-0.1, -0.05) is 118 Å². The zero-order chi connectivity index (χ0) is 54.0. The third-order valence-corrected chi connectivity index (χ3v) is 14.9. The Morgan fingerprint density at radius 1 is 0.473 bits per heavy atom. The average molecular weight is 1030 g/mol. The first kappa shape index (κ1) is 62.4. The highest BCUT2D eigenvalue weighted by Crippen LogP contribution is 2.45. The average Bonchev–Trinajstić information content (AvgIpc) is 3.32. The van der Waals surface area contributed by atoms with E-state index in [-0.39, 0.29) is 46.1 Å². The second kappa shape index (κ2) is 31.8. The number of carbonyl (C=O) groups excluding carboxylic acids is 2. The summed E-state index contributed by atoms with van der Waals surface area (Å²) in [5.74, 6) is 2.25. The van der Waals surface area contributed by atoms with Crippen LogP contribution in [0.3, 0.4) is 0 Å². The van der Waals surface area contributed by atoms with E-state index in [0.29, 0.717) is 48.7 Å². The van der Waals surface area contributed by atoms with E-state index in [1.54, 1.807) is 12.2 Å². The molecule has 2 saturated heterocycles. The molecule has 0 radical (unpaired) electrons. The number of rotatable bonds is 37. The maximum atomic E-state index is 11.4. The third-order valence-electron chi connectivity index (χ3n) is 14.9. The Balaban J connectivity index is 1.28. The molecular weight excluding hydrogens is 933 g/mol. The Morgan fingerprint density at radius 3 is 1.14 bits per heavy atom. The van der Waals surface area contributed by atoms with Crippen LogP contribution in [0.2, 0.25) is 0 Å². The smallest absolute Gasteiger partial charge is 0.267 e. The molecule has 2 aliphatic rings. The van der Waals surface area contributed by atoms with Gasteiger partial charge in [0.25, 0.3) is 11.9 Å². The normalized spacial score (nSPS) is 18.5. The number of isocyanates is 2. The zero-order valence-corrected chi connectivity index (χ0v) is 48.2. The second-order valence-electron chi connectivity index (χ2n) is 23.7. The molecule has 74 heavy (non-hydrogen) atoms. The minimum absolute atomic E-state index is 0.0251. The van der Waals surface area contributed by atoms with Crippen molar-refractivity contribution in [3.63, 3.8) is 0 Å². The van der Waals surface area contributed by atoms with Gasteiger partial charge < -0.3 is 21.3 Å². The van der Waals surface area contributed by atoms with Crippen LogP contribution in [-0.4, -0.2) is 113 Å². The lowest BCUT2D eigenvalue weighted by Crippen LogP contribution is -2.62. The number of hydrogen-bond donors (Lipinski definition) is 4. The number of hydroxylamine groups is 4. The highest BCUT2D eigenvalue weighted by Gasteiger charge is 2.49. The van der Waals surface area contributed by atoms with Crippen LogP contribution in [0.25, 0.3) is 0 Å². The molecule has 4 heterocycles.